The Labute approximate surface area is 102 Å². The van der Waals surface area contributed by atoms with E-state index in [0.717, 1.165) is 32.5 Å². The molecule has 0 aromatic carbocycles. The molecular weight excluding hydrogens is 226 g/mol. The van der Waals surface area contributed by atoms with Crippen LogP contribution in [0.25, 0.3) is 0 Å². The number of methoxy groups -OCH3 is 1. The van der Waals surface area contributed by atoms with Gasteiger partial charge in [0, 0.05) is 38.0 Å². The third-order valence-corrected chi connectivity index (χ3v) is 2.63. The Morgan fingerprint density at radius 3 is 3.06 bits per heavy atom. The molecular formula is C11H20ClN3O. The minimum Gasteiger partial charge on any atom is -0.383 e. The van der Waals surface area contributed by atoms with Crippen LogP contribution in [0.1, 0.15) is 12.8 Å². The van der Waals surface area contributed by atoms with Gasteiger partial charge in [-0.2, -0.15) is 0 Å². The number of ether oxygens (including phenoxy) is 1. The Kier molecular flexibility index (Phi) is 7.21. The average molecular weight is 246 g/mol. The van der Waals surface area contributed by atoms with Gasteiger partial charge in [-0.25, -0.2) is 4.98 Å². The van der Waals surface area contributed by atoms with Crippen molar-refractivity contribution in [2.24, 2.45) is 0 Å². The molecule has 16 heavy (non-hydrogen) atoms. The Morgan fingerprint density at radius 2 is 2.44 bits per heavy atom. The smallest absolute Gasteiger partial charge is 0.0945 e. The number of imidazole rings is 1. The SMILES string of the molecule is COCC(CCCl)NCCCn1ccnc1. The van der Waals surface area contributed by atoms with Crippen molar-refractivity contribution in [1.29, 1.82) is 0 Å². The number of alkyl halides is 1. The van der Waals surface area contributed by atoms with Gasteiger partial charge in [-0.15, -0.1) is 11.6 Å². The maximum absolute atomic E-state index is 5.72. The van der Waals surface area contributed by atoms with Crippen molar-refractivity contribution in [2.75, 3.05) is 26.1 Å². The van der Waals surface area contributed by atoms with Crippen molar-refractivity contribution in [1.82, 2.24) is 14.9 Å². The molecule has 4 nitrogen and oxygen atoms in total. The Hall–Kier alpha value is -0.580. The lowest BCUT2D eigenvalue weighted by Gasteiger charge is -2.16. The number of halogens is 1. The third kappa shape index (κ3) is 5.49. The van der Waals surface area contributed by atoms with Gasteiger partial charge in [0.05, 0.1) is 12.9 Å². The first-order valence-corrected chi connectivity index (χ1v) is 6.14. The van der Waals surface area contributed by atoms with E-state index in [4.69, 9.17) is 16.3 Å². The van der Waals surface area contributed by atoms with Gasteiger partial charge in [0.1, 0.15) is 0 Å². The lowest BCUT2D eigenvalue weighted by Crippen LogP contribution is -2.34. The van der Waals surface area contributed by atoms with Crippen molar-refractivity contribution < 1.29 is 4.74 Å². The van der Waals surface area contributed by atoms with E-state index in [1.54, 1.807) is 13.3 Å². The van der Waals surface area contributed by atoms with Crippen LogP contribution in [-0.2, 0) is 11.3 Å². The number of hydrogen-bond donors (Lipinski definition) is 1. The summed E-state index contributed by atoms with van der Waals surface area (Å²) in [5.41, 5.74) is 0. The molecule has 0 aliphatic carbocycles. The van der Waals surface area contributed by atoms with Gasteiger partial charge in [0.15, 0.2) is 0 Å². The number of rotatable bonds is 9. The molecule has 92 valence electrons. The Morgan fingerprint density at radius 1 is 1.56 bits per heavy atom. The lowest BCUT2D eigenvalue weighted by atomic mass is 10.2. The fraction of sp³-hybridized carbons (Fsp3) is 0.727. The molecule has 0 bridgehead atoms. The molecule has 1 atom stereocenters. The summed E-state index contributed by atoms with van der Waals surface area (Å²) in [6.07, 6.45) is 7.64. The number of aryl methyl sites for hydroxylation is 1. The summed E-state index contributed by atoms with van der Waals surface area (Å²) in [6.45, 7) is 2.69. The highest BCUT2D eigenvalue weighted by Crippen LogP contribution is 1.96. The summed E-state index contributed by atoms with van der Waals surface area (Å²) in [5.74, 6) is 0.669. The predicted molar refractivity (Wildman–Crippen MR) is 65.8 cm³/mol. The van der Waals surface area contributed by atoms with E-state index >= 15 is 0 Å². The zero-order valence-electron chi connectivity index (χ0n) is 9.73. The largest absolute Gasteiger partial charge is 0.383 e. The highest BCUT2D eigenvalue weighted by Gasteiger charge is 2.05. The number of nitrogens with one attached hydrogen (secondary N) is 1. The van der Waals surface area contributed by atoms with Crippen LogP contribution >= 0.6 is 11.6 Å². The second-order valence-electron chi connectivity index (χ2n) is 3.74. The molecule has 0 saturated heterocycles. The van der Waals surface area contributed by atoms with Crippen LogP contribution in [0.15, 0.2) is 18.7 Å². The monoisotopic (exact) mass is 245 g/mol. The van der Waals surface area contributed by atoms with Gasteiger partial charge in [0.25, 0.3) is 0 Å². The molecule has 1 rings (SSSR count). The Balaban J connectivity index is 2.08. The maximum Gasteiger partial charge on any atom is 0.0945 e. The highest BCUT2D eigenvalue weighted by atomic mass is 35.5. The van der Waals surface area contributed by atoms with Gasteiger partial charge >= 0.3 is 0 Å². The number of nitrogens with zero attached hydrogens (tertiary/aromatic N) is 2. The van der Waals surface area contributed by atoms with E-state index in [-0.39, 0.29) is 0 Å². The van der Waals surface area contributed by atoms with Crippen LogP contribution in [0.5, 0.6) is 0 Å². The summed E-state index contributed by atoms with van der Waals surface area (Å²) in [7, 11) is 1.72. The summed E-state index contributed by atoms with van der Waals surface area (Å²) < 4.78 is 7.20. The second kappa shape index (κ2) is 8.56. The summed E-state index contributed by atoms with van der Waals surface area (Å²) in [5, 5.41) is 3.44. The predicted octanol–water partition coefficient (Wildman–Crippen LogP) is 1.51. The van der Waals surface area contributed by atoms with E-state index in [1.807, 2.05) is 12.5 Å². The molecule has 1 aromatic heterocycles. The first kappa shape index (κ1) is 13.5. The van der Waals surface area contributed by atoms with Gasteiger partial charge in [-0.1, -0.05) is 0 Å². The zero-order chi connectivity index (χ0) is 11.6. The first-order valence-electron chi connectivity index (χ1n) is 5.61. The molecule has 1 heterocycles. The standard InChI is InChI=1S/C11H20ClN3O/c1-16-9-11(3-4-12)14-5-2-7-15-8-6-13-10-15/h6,8,10-11,14H,2-5,7,9H2,1H3. The minimum atomic E-state index is 0.366. The molecule has 0 radical (unpaired) electrons. The maximum atomic E-state index is 5.72. The van der Waals surface area contributed by atoms with Crippen LogP contribution in [0, 0.1) is 0 Å². The van der Waals surface area contributed by atoms with Crippen molar-refractivity contribution in [3.63, 3.8) is 0 Å². The molecule has 5 heteroatoms. The quantitative estimate of drug-likeness (QED) is 0.530. The summed E-state index contributed by atoms with van der Waals surface area (Å²) in [6, 6.07) is 0.366. The molecule has 0 aliphatic rings. The first-order chi connectivity index (χ1) is 7.86. The van der Waals surface area contributed by atoms with Crippen molar-refractivity contribution in [2.45, 2.75) is 25.4 Å². The normalized spacial score (nSPS) is 12.9. The highest BCUT2D eigenvalue weighted by molar-refractivity contribution is 6.17. The van der Waals surface area contributed by atoms with Crippen molar-refractivity contribution in [3.05, 3.63) is 18.7 Å². The van der Waals surface area contributed by atoms with Gasteiger partial charge < -0.3 is 14.6 Å². The van der Waals surface area contributed by atoms with Gasteiger partial charge in [-0.05, 0) is 19.4 Å². The molecule has 0 amide bonds. The van der Waals surface area contributed by atoms with Crippen LogP contribution in [0.2, 0.25) is 0 Å². The molecule has 1 unspecified atom stereocenters. The van der Waals surface area contributed by atoms with E-state index in [1.165, 1.54) is 0 Å². The summed E-state index contributed by atoms with van der Waals surface area (Å²) >= 11 is 5.72. The molecule has 0 spiro atoms. The van der Waals surface area contributed by atoms with Crippen LogP contribution in [0.3, 0.4) is 0 Å². The summed E-state index contributed by atoms with van der Waals surface area (Å²) in [4.78, 5) is 4.00. The van der Waals surface area contributed by atoms with E-state index in [2.05, 4.69) is 14.9 Å². The third-order valence-electron chi connectivity index (χ3n) is 2.41. The fourth-order valence-electron chi connectivity index (χ4n) is 1.56. The molecule has 1 N–H and O–H groups in total. The van der Waals surface area contributed by atoms with Crippen molar-refractivity contribution >= 4 is 11.6 Å². The van der Waals surface area contributed by atoms with E-state index in [9.17, 15) is 0 Å². The average Bonchev–Trinajstić information content (AvgIpc) is 2.78. The molecule has 1 aromatic rings. The topological polar surface area (TPSA) is 39.1 Å². The van der Waals surface area contributed by atoms with E-state index in [0.29, 0.717) is 11.9 Å². The van der Waals surface area contributed by atoms with Crippen LogP contribution in [0.4, 0.5) is 0 Å². The second-order valence-corrected chi connectivity index (χ2v) is 4.12. The zero-order valence-corrected chi connectivity index (χ0v) is 10.5. The number of hydrogen-bond acceptors (Lipinski definition) is 3. The van der Waals surface area contributed by atoms with E-state index < -0.39 is 0 Å². The molecule has 0 aliphatic heterocycles. The molecule has 0 saturated carbocycles. The van der Waals surface area contributed by atoms with Crippen LogP contribution in [-0.4, -0.2) is 41.7 Å². The van der Waals surface area contributed by atoms with Crippen LogP contribution < -0.4 is 5.32 Å². The Bertz CT molecular complexity index is 248. The van der Waals surface area contributed by atoms with Gasteiger partial charge in [-0.3, -0.25) is 0 Å². The van der Waals surface area contributed by atoms with Crippen molar-refractivity contribution in [3.8, 4) is 0 Å². The molecule has 0 fully saturated rings. The number of aromatic nitrogens is 2. The lowest BCUT2D eigenvalue weighted by molar-refractivity contribution is 0.164. The minimum absolute atomic E-state index is 0.366. The van der Waals surface area contributed by atoms with Gasteiger partial charge in [0.2, 0.25) is 0 Å². The fourth-order valence-corrected chi connectivity index (χ4v) is 1.83.